The summed E-state index contributed by atoms with van der Waals surface area (Å²) in [7, 11) is 0. The summed E-state index contributed by atoms with van der Waals surface area (Å²) in [5, 5.41) is 8.06. The Bertz CT molecular complexity index is 544. The Morgan fingerprint density at radius 1 is 1.33 bits per heavy atom. The van der Waals surface area contributed by atoms with Crippen molar-refractivity contribution in [3.8, 4) is 0 Å². The quantitative estimate of drug-likeness (QED) is 0.902. The van der Waals surface area contributed by atoms with Crippen LogP contribution < -0.4 is 5.32 Å². The molecule has 0 aliphatic carbocycles. The number of aromatic nitrogens is 3. The average Bonchev–Trinajstić information content (AvgIpc) is 2.70. The number of nitrogens with one attached hydrogen (secondary N) is 1. The molecule has 0 aliphatic heterocycles. The summed E-state index contributed by atoms with van der Waals surface area (Å²) in [6.07, 6.45) is 3.09. The van der Waals surface area contributed by atoms with Crippen LogP contribution in [0.5, 0.6) is 0 Å². The Labute approximate surface area is 108 Å². The van der Waals surface area contributed by atoms with E-state index in [-0.39, 0.29) is 0 Å². The molecule has 98 valence electrons. The molecule has 0 spiro atoms. The molecule has 0 saturated heterocycles. The van der Waals surface area contributed by atoms with E-state index in [1.165, 1.54) is 5.56 Å². The van der Waals surface area contributed by atoms with Crippen molar-refractivity contribution in [3.05, 3.63) is 29.2 Å². The normalized spacial score (nSPS) is 14.9. The third kappa shape index (κ3) is 2.38. The molecule has 2 heterocycles. The van der Waals surface area contributed by atoms with Crippen LogP contribution in [0.2, 0.25) is 0 Å². The largest absolute Gasteiger partial charge is 0.308 e. The standard InChI is InChI=1S/C14H22N4/c1-6-9(2)16-11(4)13-8-15-14-7-10(3)17-18(14)12(13)5/h7-9,11,16H,6H2,1-5H3. The van der Waals surface area contributed by atoms with Gasteiger partial charge in [-0.2, -0.15) is 5.10 Å². The van der Waals surface area contributed by atoms with E-state index in [0.717, 1.165) is 23.5 Å². The van der Waals surface area contributed by atoms with Crippen molar-refractivity contribution in [1.29, 1.82) is 0 Å². The highest BCUT2D eigenvalue weighted by Gasteiger charge is 2.14. The number of hydrogen-bond donors (Lipinski definition) is 1. The van der Waals surface area contributed by atoms with Gasteiger partial charge in [-0.15, -0.1) is 0 Å². The molecule has 2 aromatic rings. The van der Waals surface area contributed by atoms with Gasteiger partial charge in [0.1, 0.15) is 0 Å². The number of nitrogens with zero attached hydrogens (tertiary/aromatic N) is 3. The van der Waals surface area contributed by atoms with E-state index in [4.69, 9.17) is 0 Å². The van der Waals surface area contributed by atoms with E-state index in [1.54, 1.807) is 0 Å². The number of rotatable bonds is 4. The van der Waals surface area contributed by atoms with Gasteiger partial charge in [-0.25, -0.2) is 9.50 Å². The molecule has 0 fully saturated rings. The van der Waals surface area contributed by atoms with Gasteiger partial charge in [0.05, 0.1) is 5.69 Å². The highest BCUT2D eigenvalue weighted by atomic mass is 15.3. The Hall–Kier alpha value is -1.42. The predicted molar refractivity (Wildman–Crippen MR) is 73.8 cm³/mol. The van der Waals surface area contributed by atoms with Gasteiger partial charge >= 0.3 is 0 Å². The lowest BCUT2D eigenvalue weighted by molar-refractivity contribution is 0.465. The van der Waals surface area contributed by atoms with Gasteiger partial charge in [-0.1, -0.05) is 6.92 Å². The third-order valence-electron chi connectivity index (χ3n) is 3.50. The number of aryl methyl sites for hydroxylation is 2. The van der Waals surface area contributed by atoms with E-state index < -0.39 is 0 Å². The van der Waals surface area contributed by atoms with Crippen LogP contribution in [0.3, 0.4) is 0 Å². The lowest BCUT2D eigenvalue weighted by Crippen LogP contribution is -2.29. The highest BCUT2D eigenvalue weighted by Crippen LogP contribution is 2.18. The summed E-state index contributed by atoms with van der Waals surface area (Å²) in [4.78, 5) is 4.48. The van der Waals surface area contributed by atoms with Gasteiger partial charge in [0.25, 0.3) is 0 Å². The summed E-state index contributed by atoms with van der Waals surface area (Å²) in [6.45, 7) is 10.7. The Kier molecular flexibility index (Phi) is 3.66. The SMILES string of the molecule is CCC(C)NC(C)c1cnc2cc(C)nn2c1C. The van der Waals surface area contributed by atoms with Crippen LogP contribution in [0.4, 0.5) is 0 Å². The molecule has 2 rings (SSSR count). The lowest BCUT2D eigenvalue weighted by atomic mass is 10.1. The molecule has 2 aromatic heterocycles. The molecule has 0 bridgehead atoms. The van der Waals surface area contributed by atoms with Gasteiger partial charge in [-0.3, -0.25) is 0 Å². The molecule has 4 heteroatoms. The minimum absolute atomic E-state index is 0.293. The summed E-state index contributed by atoms with van der Waals surface area (Å²) in [5.74, 6) is 0. The fourth-order valence-corrected chi connectivity index (χ4v) is 2.24. The zero-order chi connectivity index (χ0) is 13.3. The molecule has 0 saturated carbocycles. The van der Waals surface area contributed by atoms with Crippen LogP contribution >= 0.6 is 0 Å². The van der Waals surface area contributed by atoms with E-state index in [1.807, 2.05) is 23.7 Å². The van der Waals surface area contributed by atoms with Gasteiger partial charge < -0.3 is 5.32 Å². The monoisotopic (exact) mass is 246 g/mol. The maximum Gasteiger partial charge on any atom is 0.155 e. The number of fused-ring (bicyclic) bond motifs is 1. The fourth-order valence-electron chi connectivity index (χ4n) is 2.24. The van der Waals surface area contributed by atoms with Crippen molar-refractivity contribution in [2.75, 3.05) is 0 Å². The maximum absolute atomic E-state index is 4.48. The van der Waals surface area contributed by atoms with Gasteiger partial charge in [0.2, 0.25) is 0 Å². The van der Waals surface area contributed by atoms with E-state index in [9.17, 15) is 0 Å². The first kappa shape index (κ1) is 13.0. The van der Waals surface area contributed by atoms with Crippen LogP contribution in [-0.4, -0.2) is 20.6 Å². The van der Waals surface area contributed by atoms with E-state index in [0.29, 0.717) is 12.1 Å². The van der Waals surface area contributed by atoms with Crippen molar-refractivity contribution in [2.45, 2.75) is 53.1 Å². The summed E-state index contributed by atoms with van der Waals surface area (Å²) < 4.78 is 1.93. The van der Waals surface area contributed by atoms with Crippen molar-refractivity contribution < 1.29 is 0 Å². The smallest absolute Gasteiger partial charge is 0.155 e. The minimum atomic E-state index is 0.293. The van der Waals surface area contributed by atoms with Crippen LogP contribution in [0, 0.1) is 13.8 Å². The first-order valence-electron chi connectivity index (χ1n) is 6.60. The van der Waals surface area contributed by atoms with Gasteiger partial charge in [0, 0.05) is 35.6 Å². The first-order valence-corrected chi connectivity index (χ1v) is 6.60. The van der Waals surface area contributed by atoms with Crippen LogP contribution in [0.15, 0.2) is 12.3 Å². The molecule has 18 heavy (non-hydrogen) atoms. The van der Waals surface area contributed by atoms with Crippen molar-refractivity contribution in [3.63, 3.8) is 0 Å². The second-order valence-electron chi connectivity index (χ2n) is 5.05. The van der Waals surface area contributed by atoms with Crippen LogP contribution in [0.25, 0.3) is 5.65 Å². The predicted octanol–water partition coefficient (Wildman–Crippen LogP) is 2.80. The second-order valence-corrected chi connectivity index (χ2v) is 5.05. The Morgan fingerprint density at radius 2 is 2.06 bits per heavy atom. The molecule has 0 aliphatic rings. The van der Waals surface area contributed by atoms with Crippen LogP contribution in [-0.2, 0) is 0 Å². The minimum Gasteiger partial charge on any atom is -0.308 e. The fraction of sp³-hybridized carbons (Fsp3) is 0.571. The summed E-state index contributed by atoms with van der Waals surface area (Å²) in [6, 6.07) is 2.81. The summed E-state index contributed by atoms with van der Waals surface area (Å²) >= 11 is 0. The number of hydrogen-bond acceptors (Lipinski definition) is 3. The lowest BCUT2D eigenvalue weighted by Gasteiger charge is -2.20. The average molecular weight is 246 g/mol. The molecule has 4 nitrogen and oxygen atoms in total. The second kappa shape index (κ2) is 5.06. The van der Waals surface area contributed by atoms with E-state index >= 15 is 0 Å². The first-order chi connectivity index (χ1) is 8.52. The molecule has 0 aromatic carbocycles. The zero-order valence-corrected chi connectivity index (χ0v) is 11.9. The van der Waals surface area contributed by atoms with E-state index in [2.05, 4.69) is 43.1 Å². The van der Waals surface area contributed by atoms with Crippen molar-refractivity contribution in [1.82, 2.24) is 19.9 Å². The topological polar surface area (TPSA) is 42.2 Å². The Morgan fingerprint density at radius 3 is 2.72 bits per heavy atom. The highest BCUT2D eigenvalue weighted by molar-refractivity contribution is 5.42. The van der Waals surface area contributed by atoms with Gasteiger partial charge in [0.15, 0.2) is 5.65 Å². The molecule has 2 atom stereocenters. The summed E-state index contributed by atoms with van der Waals surface area (Å²) in [5.41, 5.74) is 4.30. The van der Waals surface area contributed by atoms with Crippen molar-refractivity contribution >= 4 is 5.65 Å². The van der Waals surface area contributed by atoms with Crippen molar-refractivity contribution in [2.24, 2.45) is 0 Å². The third-order valence-corrected chi connectivity index (χ3v) is 3.50. The maximum atomic E-state index is 4.48. The molecular weight excluding hydrogens is 224 g/mol. The molecular formula is C14H22N4. The zero-order valence-electron chi connectivity index (χ0n) is 11.9. The molecule has 0 radical (unpaired) electrons. The molecule has 2 unspecified atom stereocenters. The van der Waals surface area contributed by atoms with Crippen LogP contribution in [0.1, 0.15) is 50.2 Å². The molecule has 1 N–H and O–H groups in total. The van der Waals surface area contributed by atoms with Gasteiger partial charge in [-0.05, 0) is 34.1 Å². The molecule has 0 amide bonds. The Balaban J connectivity index is 2.36.